The zero-order chi connectivity index (χ0) is 30.4. The van der Waals surface area contributed by atoms with Crippen molar-refractivity contribution in [3.05, 3.63) is 94.0 Å². The monoisotopic (exact) mass is 629 g/mol. The van der Waals surface area contributed by atoms with Crippen molar-refractivity contribution in [3.8, 4) is 0 Å². The molecule has 0 saturated carbocycles. The highest BCUT2D eigenvalue weighted by molar-refractivity contribution is 7.92. The number of carbonyl (C=O) groups is 2. The molecule has 41 heavy (non-hydrogen) atoms. The van der Waals surface area contributed by atoms with E-state index in [1.165, 1.54) is 36.1 Å². The van der Waals surface area contributed by atoms with E-state index in [-0.39, 0.29) is 11.4 Å². The summed E-state index contributed by atoms with van der Waals surface area (Å²) in [5.74, 6) is -1.29. The predicted octanol–water partition coefficient (Wildman–Crippen LogP) is 6.15. The van der Waals surface area contributed by atoms with Crippen molar-refractivity contribution in [2.75, 3.05) is 17.4 Å². The van der Waals surface area contributed by atoms with Crippen molar-refractivity contribution in [1.29, 1.82) is 0 Å². The molecule has 7 nitrogen and oxygen atoms in total. The summed E-state index contributed by atoms with van der Waals surface area (Å²) in [6.45, 7) is 2.71. The molecule has 0 saturated heterocycles. The Morgan fingerprint density at radius 2 is 1.61 bits per heavy atom. The number of hydrogen-bond acceptors (Lipinski definition) is 4. The first kappa shape index (κ1) is 32.2. The third-order valence-corrected chi connectivity index (χ3v) is 8.51. The average Bonchev–Trinajstić information content (AvgIpc) is 2.94. The molecule has 0 radical (unpaired) electrons. The van der Waals surface area contributed by atoms with Crippen LogP contribution in [0.4, 0.5) is 18.9 Å². The van der Waals surface area contributed by atoms with Crippen LogP contribution < -0.4 is 9.62 Å². The van der Waals surface area contributed by atoms with Gasteiger partial charge in [0.1, 0.15) is 12.6 Å². The van der Waals surface area contributed by atoms with E-state index >= 15 is 0 Å². The number of nitrogens with zero attached hydrogens (tertiary/aromatic N) is 2. The molecule has 220 valence electrons. The van der Waals surface area contributed by atoms with Crippen LogP contribution in [0.3, 0.4) is 0 Å². The largest absolute Gasteiger partial charge is 0.417 e. The van der Waals surface area contributed by atoms with Crippen molar-refractivity contribution < 1.29 is 31.2 Å². The van der Waals surface area contributed by atoms with E-state index in [9.17, 15) is 31.2 Å². The van der Waals surface area contributed by atoms with Gasteiger partial charge < -0.3 is 10.2 Å². The molecule has 0 aliphatic heterocycles. The van der Waals surface area contributed by atoms with Crippen molar-refractivity contribution >= 4 is 50.7 Å². The summed E-state index contributed by atoms with van der Waals surface area (Å²) in [6.07, 6.45) is -4.24. The summed E-state index contributed by atoms with van der Waals surface area (Å²) < 4.78 is 69.1. The van der Waals surface area contributed by atoms with Crippen LogP contribution >= 0.6 is 23.2 Å². The molecule has 0 fully saturated rings. The van der Waals surface area contributed by atoms with Gasteiger partial charge in [-0.2, -0.15) is 13.2 Å². The van der Waals surface area contributed by atoms with E-state index in [1.807, 2.05) is 6.92 Å². The van der Waals surface area contributed by atoms with Gasteiger partial charge in [-0.05, 0) is 61.4 Å². The molecule has 0 aromatic heterocycles. The Hall–Kier alpha value is -3.28. The highest BCUT2D eigenvalue weighted by Gasteiger charge is 2.36. The number of benzene rings is 3. The van der Waals surface area contributed by atoms with Gasteiger partial charge in [-0.3, -0.25) is 13.9 Å². The van der Waals surface area contributed by atoms with Crippen molar-refractivity contribution in [2.24, 2.45) is 0 Å². The fraction of sp³-hybridized carbons (Fsp3) is 0.286. The summed E-state index contributed by atoms with van der Waals surface area (Å²) in [7, 11) is -4.54. The number of carbonyl (C=O) groups excluding carboxylic acids is 2. The van der Waals surface area contributed by atoms with Crippen LogP contribution in [0.25, 0.3) is 0 Å². The van der Waals surface area contributed by atoms with Crippen molar-refractivity contribution in [1.82, 2.24) is 10.2 Å². The van der Waals surface area contributed by atoms with E-state index in [2.05, 4.69) is 5.32 Å². The zero-order valence-corrected chi connectivity index (χ0v) is 24.5. The lowest BCUT2D eigenvalue weighted by Crippen LogP contribution is -2.51. The molecule has 1 N–H and O–H groups in total. The highest BCUT2D eigenvalue weighted by Crippen LogP contribution is 2.38. The second-order valence-electron chi connectivity index (χ2n) is 9.10. The molecule has 0 aliphatic rings. The molecule has 0 heterocycles. The molecule has 1 atom stereocenters. The minimum Gasteiger partial charge on any atom is -0.354 e. The second kappa shape index (κ2) is 13.6. The summed E-state index contributed by atoms with van der Waals surface area (Å²) in [5, 5.41) is 2.53. The minimum atomic E-state index is -4.88. The second-order valence-corrected chi connectivity index (χ2v) is 11.8. The SMILES string of the molecule is CCCNC(=O)[C@H](C)N(Cc1ccc(Cl)cc1)C(=O)CN(c1ccc(Cl)c(C(F)(F)F)c1)S(=O)(=O)c1ccccc1. The minimum absolute atomic E-state index is 0.0929. The van der Waals surface area contributed by atoms with Crippen LogP contribution in [0, 0.1) is 0 Å². The van der Waals surface area contributed by atoms with Crippen LogP contribution in [0.1, 0.15) is 31.4 Å². The Kier molecular flexibility index (Phi) is 10.7. The Bertz CT molecular complexity index is 1470. The van der Waals surface area contributed by atoms with E-state index in [1.54, 1.807) is 30.3 Å². The number of anilines is 1. The number of alkyl halides is 3. The first-order valence-corrected chi connectivity index (χ1v) is 14.7. The maximum Gasteiger partial charge on any atom is 0.417 e. The molecule has 0 unspecified atom stereocenters. The summed E-state index contributed by atoms with van der Waals surface area (Å²) >= 11 is 11.7. The summed E-state index contributed by atoms with van der Waals surface area (Å²) in [5.41, 5.74) is -1.09. The molecule has 3 aromatic carbocycles. The summed E-state index contributed by atoms with van der Waals surface area (Å²) in [4.78, 5) is 27.6. The first-order chi connectivity index (χ1) is 19.3. The van der Waals surface area contributed by atoms with Gasteiger partial charge in [0.15, 0.2) is 0 Å². The van der Waals surface area contributed by atoms with Gasteiger partial charge in [0, 0.05) is 18.1 Å². The lowest BCUT2D eigenvalue weighted by atomic mass is 10.1. The summed E-state index contributed by atoms with van der Waals surface area (Å²) in [6, 6.07) is 15.0. The standard InChI is InChI=1S/C28H28Cl2F3N3O4S/c1-3-15-34-27(38)19(2)35(17-20-9-11-21(29)12-10-20)26(37)18-36(41(39,40)23-7-5-4-6-8-23)22-13-14-25(30)24(16-22)28(31,32)33/h4-14,16,19H,3,15,17-18H2,1-2H3,(H,34,38)/t19-/m0/s1. The first-order valence-electron chi connectivity index (χ1n) is 12.5. The molecule has 3 aromatic rings. The lowest BCUT2D eigenvalue weighted by Gasteiger charge is -2.32. The fourth-order valence-electron chi connectivity index (χ4n) is 3.90. The number of rotatable bonds is 11. The van der Waals surface area contributed by atoms with Gasteiger partial charge in [-0.1, -0.05) is 60.5 Å². The molecule has 3 rings (SSSR count). The molecule has 0 aliphatic carbocycles. The Morgan fingerprint density at radius 1 is 0.976 bits per heavy atom. The zero-order valence-electron chi connectivity index (χ0n) is 22.2. The van der Waals surface area contributed by atoms with Gasteiger partial charge >= 0.3 is 6.18 Å². The smallest absolute Gasteiger partial charge is 0.354 e. The molecular weight excluding hydrogens is 602 g/mol. The van der Waals surface area contributed by atoms with Gasteiger partial charge in [0.05, 0.1) is 21.2 Å². The molecular formula is C28H28Cl2F3N3O4S. The average molecular weight is 631 g/mol. The quantitative estimate of drug-likeness (QED) is 0.276. The van der Waals surface area contributed by atoms with E-state index in [4.69, 9.17) is 23.2 Å². The molecule has 0 spiro atoms. The number of hydrogen-bond donors (Lipinski definition) is 1. The Balaban J connectivity index is 2.09. The molecule has 2 amide bonds. The molecule has 0 bridgehead atoms. The maximum absolute atomic E-state index is 13.8. The lowest BCUT2D eigenvalue weighted by molar-refractivity contribution is -0.139. The van der Waals surface area contributed by atoms with Crippen molar-refractivity contribution in [2.45, 2.75) is 43.9 Å². The van der Waals surface area contributed by atoms with Crippen LogP contribution in [0.15, 0.2) is 77.7 Å². The van der Waals surface area contributed by atoms with Crippen molar-refractivity contribution in [3.63, 3.8) is 0 Å². The van der Waals surface area contributed by atoms with E-state index in [0.717, 1.165) is 12.1 Å². The van der Waals surface area contributed by atoms with Gasteiger partial charge in [0.2, 0.25) is 11.8 Å². The third kappa shape index (κ3) is 8.15. The number of halogens is 5. The van der Waals surface area contributed by atoms with Gasteiger partial charge in [-0.15, -0.1) is 0 Å². The van der Waals surface area contributed by atoms with Crippen LogP contribution in [0.5, 0.6) is 0 Å². The highest BCUT2D eigenvalue weighted by atomic mass is 35.5. The number of amides is 2. The topological polar surface area (TPSA) is 86.8 Å². The van der Waals surface area contributed by atoms with Gasteiger partial charge in [-0.25, -0.2) is 8.42 Å². The maximum atomic E-state index is 13.8. The Labute approximate surface area is 246 Å². The molecule has 13 heteroatoms. The van der Waals surface area contributed by atoms with E-state index < -0.39 is 56.9 Å². The van der Waals surface area contributed by atoms with Crippen LogP contribution in [-0.4, -0.2) is 44.3 Å². The Morgan fingerprint density at radius 3 is 2.20 bits per heavy atom. The predicted molar refractivity (Wildman–Crippen MR) is 152 cm³/mol. The number of sulfonamides is 1. The fourth-order valence-corrected chi connectivity index (χ4v) is 5.68. The van der Waals surface area contributed by atoms with Crippen LogP contribution in [0.2, 0.25) is 10.0 Å². The van der Waals surface area contributed by atoms with E-state index in [0.29, 0.717) is 33.9 Å². The van der Waals surface area contributed by atoms with Crippen LogP contribution in [-0.2, 0) is 32.3 Å². The normalized spacial score (nSPS) is 12.5. The van der Waals surface area contributed by atoms with Gasteiger partial charge in [0.25, 0.3) is 10.0 Å². The third-order valence-electron chi connectivity index (χ3n) is 6.14. The number of nitrogens with one attached hydrogen (secondary N) is 1.